The van der Waals surface area contributed by atoms with Crippen LogP contribution < -0.4 is 5.32 Å². The number of nitrogens with zero attached hydrogens (tertiary/aromatic N) is 1. The van der Waals surface area contributed by atoms with Crippen LogP contribution in [-0.2, 0) is 0 Å². The average molecular weight is 287 g/mol. The van der Waals surface area contributed by atoms with Crippen molar-refractivity contribution >= 4 is 21.8 Å². The number of carbonyl (C=O) groups is 1. The highest BCUT2D eigenvalue weighted by molar-refractivity contribution is 9.10. The van der Waals surface area contributed by atoms with Crippen molar-refractivity contribution in [1.29, 1.82) is 0 Å². The second kappa shape index (κ2) is 5.01. The third-order valence-corrected chi connectivity index (χ3v) is 3.39. The fraction of sp³-hybridized carbons (Fsp3) is 0.545. The molecule has 88 valence electrons. The highest BCUT2D eigenvalue weighted by Crippen LogP contribution is 2.18. The minimum absolute atomic E-state index is 0.0439. The molecule has 1 aliphatic heterocycles. The second-order valence-corrected chi connectivity index (χ2v) is 4.78. The number of rotatable bonds is 2. The molecule has 1 fully saturated rings. The summed E-state index contributed by atoms with van der Waals surface area (Å²) in [5.74, 6) is 0.352. The second-order valence-electron chi connectivity index (χ2n) is 4.00. The largest absolute Gasteiger partial charge is 0.444 e. The molecule has 0 atom stereocenters. The van der Waals surface area contributed by atoms with Gasteiger partial charge in [0.2, 0.25) is 0 Å². The molecule has 2 heterocycles. The summed E-state index contributed by atoms with van der Waals surface area (Å²) >= 11 is 3.20. The maximum absolute atomic E-state index is 12.0. The summed E-state index contributed by atoms with van der Waals surface area (Å²) in [5, 5.41) is 3.28. The number of amides is 1. The summed E-state index contributed by atoms with van der Waals surface area (Å²) in [6.07, 6.45) is 2.01. The van der Waals surface area contributed by atoms with Crippen LogP contribution in [0.25, 0.3) is 0 Å². The third-order valence-electron chi connectivity index (χ3n) is 2.96. The lowest BCUT2D eigenvalue weighted by Gasteiger charge is -2.31. The maximum atomic E-state index is 12.0. The van der Waals surface area contributed by atoms with Crippen LogP contribution in [0.2, 0.25) is 0 Å². The van der Waals surface area contributed by atoms with E-state index in [9.17, 15) is 4.79 Å². The van der Waals surface area contributed by atoms with E-state index in [0.29, 0.717) is 16.5 Å². The van der Waals surface area contributed by atoms with E-state index >= 15 is 0 Å². The Balaban J connectivity index is 2.03. The normalized spacial score (nSPS) is 17.4. The Hall–Kier alpha value is -0.810. The smallest absolute Gasteiger partial charge is 0.289 e. The molecule has 5 heteroatoms. The highest BCUT2D eigenvalue weighted by atomic mass is 79.9. The first-order chi connectivity index (χ1) is 7.68. The summed E-state index contributed by atoms with van der Waals surface area (Å²) in [6, 6.07) is 3.76. The topological polar surface area (TPSA) is 45.5 Å². The van der Waals surface area contributed by atoms with Crippen molar-refractivity contribution < 1.29 is 9.21 Å². The van der Waals surface area contributed by atoms with E-state index < -0.39 is 0 Å². The van der Waals surface area contributed by atoms with Gasteiger partial charge in [-0.1, -0.05) is 0 Å². The summed E-state index contributed by atoms with van der Waals surface area (Å²) in [6.45, 7) is 1.95. The van der Waals surface area contributed by atoms with Crippen molar-refractivity contribution in [1.82, 2.24) is 10.2 Å². The first-order valence-corrected chi connectivity index (χ1v) is 6.21. The lowest BCUT2D eigenvalue weighted by Crippen LogP contribution is -2.43. The number of halogens is 1. The van der Waals surface area contributed by atoms with Crippen molar-refractivity contribution in [3.05, 3.63) is 22.6 Å². The Morgan fingerprint density at radius 3 is 2.75 bits per heavy atom. The zero-order valence-electron chi connectivity index (χ0n) is 9.20. The Kier molecular flexibility index (Phi) is 3.66. The van der Waals surface area contributed by atoms with Gasteiger partial charge in [0, 0.05) is 13.1 Å². The Morgan fingerprint density at radius 2 is 2.19 bits per heavy atom. The number of nitrogens with one attached hydrogen (secondary N) is 1. The molecule has 0 bridgehead atoms. The quantitative estimate of drug-likeness (QED) is 0.903. The zero-order chi connectivity index (χ0) is 11.5. The van der Waals surface area contributed by atoms with Gasteiger partial charge in [-0.05, 0) is 54.0 Å². The average Bonchev–Trinajstić information content (AvgIpc) is 2.75. The van der Waals surface area contributed by atoms with Crippen molar-refractivity contribution in [2.24, 2.45) is 0 Å². The van der Waals surface area contributed by atoms with Gasteiger partial charge in [0.05, 0.1) is 0 Å². The molecule has 16 heavy (non-hydrogen) atoms. The van der Waals surface area contributed by atoms with Gasteiger partial charge in [0.15, 0.2) is 10.4 Å². The van der Waals surface area contributed by atoms with Crippen LogP contribution in [0, 0.1) is 0 Å². The Morgan fingerprint density at radius 1 is 1.50 bits per heavy atom. The predicted octanol–water partition coefficient (Wildman–Crippen LogP) is 1.87. The molecule has 1 aromatic heterocycles. The molecule has 1 aromatic rings. The van der Waals surface area contributed by atoms with Crippen LogP contribution in [-0.4, -0.2) is 37.0 Å². The van der Waals surface area contributed by atoms with Gasteiger partial charge in [-0.25, -0.2) is 0 Å². The molecule has 1 amide bonds. The van der Waals surface area contributed by atoms with Crippen LogP contribution in [0.3, 0.4) is 0 Å². The molecule has 0 saturated carbocycles. The van der Waals surface area contributed by atoms with Gasteiger partial charge in [-0.3, -0.25) is 4.79 Å². The van der Waals surface area contributed by atoms with Crippen molar-refractivity contribution in [3.8, 4) is 0 Å². The summed E-state index contributed by atoms with van der Waals surface area (Å²) in [5.41, 5.74) is 0. The van der Waals surface area contributed by atoms with Crippen LogP contribution in [0.5, 0.6) is 0 Å². The van der Waals surface area contributed by atoms with Crippen LogP contribution >= 0.6 is 15.9 Å². The first kappa shape index (κ1) is 11.7. The van der Waals surface area contributed by atoms with E-state index in [4.69, 9.17) is 4.42 Å². The number of piperidine rings is 1. The standard InChI is InChI=1S/C11H15BrN2O2/c1-14(8-4-6-13-7-5-8)11(15)9-2-3-10(12)16-9/h2-3,8,13H,4-7H2,1H3. The van der Waals surface area contributed by atoms with Crippen LogP contribution in [0.1, 0.15) is 23.4 Å². The van der Waals surface area contributed by atoms with E-state index in [1.807, 2.05) is 7.05 Å². The van der Waals surface area contributed by atoms with E-state index in [1.54, 1.807) is 17.0 Å². The molecule has 0 unspecified atom stereocenters. The van der Waals surface area contributed by atoms with Crippen molar-refractivity contribution in [2.45, 2.75) is 18.9 Å². The molecule has 0 radical (unpaired) electrons. The van der Waals surface area contributed by atoms with E-state index in [-0.39, 0.29) is 5.91 Å². The third kappa shape index (κ3) is 2.47. The minimum Gasteiger partial charge on any atom is -0.444 e. The van der Waals surface area contributed by atoms with Crippen molar-refractivity contribution in [2.75, 3.05) is 20.1 Å². The van der Waals surface area contributed by atoms with E-state index in [2.05, 4.69) is 21.2 Å². The molecule has 1 N–H and O–H groups in total. The lowest BCUT2D eigenvalue weighted by molar-refractivity contribution is 0.0669. The van der Waals surface area contributed by atoms with Crippen LogP contribution in [0.4, 0.5) is 0 Å². The fourth-order valence-electron chi connectivity index (χ4n) is 1.96. The first-order valence-electron chi connectivity index (χ1n) is 5.41. The molecule has 0 aromatic carbocycles. The lowest BCUT2D eigenvalue weighted by atomic mass is 10.1. The fourth-order valence-corrected chi connectivity index (χ4v) is 2.27. The van der Waals surface area contributed by atoms with Crippen LogP contribution in [0.15, 0.2) is 21.2 Å². The van der Waals surface area contributed by atoms with Gasteiger partial charge in [-0.2, -0.15) is 0 Å². The monoisotopic (exact) mass is 286 g/mol. The summed E-state index contributed by atoms with van der Waals surface area (Å²) in [4.78, 5) is 13.8. The van der Waals surface area contributed by atoms with E-state index in [0.717, 1.165) is 25.9 Å². The van der Waals surface area contributed by atoms with Gasteiger partial charge in [-0.15, -0.1) is 0 Å². The molecular formula is C11H15BrN2O2. The number of carbonyl (C=O) groups excluding carboxylic acids is 1. The Bertz CT molecular complexity index is 372. The zero-order valence-corrected chi connectivity index (χ0v) is 10.8. The van der Waals surface area contributed by atoms with E-state index in [1.165, 1.54) is 0 Å². The number of hydrogen-bond acceptors (Lipinski definition) is 3. The van der Waals surface area contributed by atoms with Gasteiger partial charge < -0.3 is 14.6 Å². The summed E-state index contributed by atoms with van der Waals surface area (Å²) < 4.78 is 5.86. The molecule has 2 rings (SSSR count). The maximum Gasteiger partial charge on any atom is 0.289 e. The Labute approximate surface area is 103 Å². The summed E-state index contributed by atoms with van der Waals surface area (Å²) in [7, 11) is 1.84. The minimum atomic E-state index is -0.0439. The number of hydrogen-bond donors (Lipinski definition) is 1. The molecular weight excluding hydrogens is 272 g/mol. The number of furan rings is 1. The van der Waals surface area contributed by atoms with Crippen molar-refractivity contribution in [3.63, 3.8) is 0 Å². The molecule has 4 nitrogen and oxygen atoms in total. The molecule has 1 aliphatic rings. The molecule has 0 aliphatic carbocycles. The van der Waals surface area contributed by atoms with Gasteiger partial charge >= 0.3 is 0 Å². The van der Waals surface area contributed by atoms with Gasteiger partial charge in [0.25, 0.3) is 5.91 Å². The highest BCUT2D eigenvalue weighted by Gasteiger charge is 2.24. The molecule has 1 saturated heterocycles. The SMILES string of the molecule is CN(C(=O)c1ccc(Br)o1)C1CCNCC1. The predicted molar refractivity (Wildman–Crippen MR) is 64.4 cm³/mol. The van der Waals surface area contributed by atoms with Gasteiger partial charge in [0.1, 0.15) is 0 Å². The molecule has 0 spiro atoms.